The molecular formula is C11H10BrN5. The predicted octanol–water partition coefficient (Wildman–Crippen LogP) is 2.30. The first kappa shape index (κ1) is 11.5. The molecule has 0 aliphatic heterocycles. The Balaban J connectivity index is 2.23. The first-order chi connectivity index (χ1) is 8.16. The number of nitrogens with two attached hydrogens (primary N) is 1. The fourth-order valence-corrected chi connectivity index (χ4v) is 1.55. The molecule has 0 unspecified atom stereocenters. The van der Waals surface area contributed by atoms with Crippen molar-refractivity contribution < 1.29 is 0 Å². The van der Waals surface area contributed by atoms with E-state index in [1.165, 1.54) is 0 Å². The minimum atomic E-state index is 0.333. The van der Waals surface area contributed by atoms with Crippen LogP contribution in [0.5, 0.6) is 0 Å². The second kappa shape index (κ2) is 4.92. The van der Waals surface area contributed by atoms with Crippen LogP contribution in [-0.2, 0) is 0 Å². The molecule has 5 nitrogen and oxygen atoms in total. The summed E-state index contributed by atoms with van der Waals surface area (Å²) in [4.78, 5) is 12.1. The highest BCUT2D eigenvalue weighted by Crippen LogP contribution is 2.20. The van der Waals surface area contributed by atoms with Crippen LogP contribution in [0.25, 0.3) is 5.70 Å². The Labute approximate surface area is 107 Å². The van der Waals surface area contributed by atoms with Crippen LogP contribution < -0.4 is 11.1 Å². The Hall–Kier alpha value is -1.95. The van der Waals surface area contributed by atoms with Gasteiger partial charge >= 0.3 is 0 Å². The SMILES string of the molecule is C=C(Nc1ccncc1)c1nc(Br)cnc1N. The molecule has 0 aromatic carbocycles. The lowest BCUT2D eigenvalue weighted by atomic mass is 10.3. The van der Waals surface area contributed by atoms with Crippen LogP contribution in [0.4, 0.5) is 11.5 Å². The van der Waals surface area contributed by atoms with Crippen molar-refractivity contribution in [3.8, 4) is 0 Å². The number of anilines is 2. The van der Waals surface area contributed by atoms with Crippen LogP contribution in [0.1, 0.15) is 5.69 Å². The molecule has 0 atom stereocenters. The number of rotatable bonds is 3. The second-order valence-corrected chi connectivity index (χ2v) is 4.08. The van der Waals surface area contributed by atoms with E-state index in [9.17, 15) is 0 Å². The lowest BCUT2D eigenvalue weighted by Gasteiger charge is -2.10. The van der Waals surface area contributed by atoms with Crippen molar-refractivity contribution in [1.29, 1.82) is 0 Å². The molecule has 17 heavy (non-hydrogen) atoms. The smallest absolute Gasteiger partial charge is 0.151 e. The number of nitrogens with one attached hydrogen (secondary N) is 1. The Morgan fingerprint density at radius 1 is 1.35 bits per heavy atom. The van der Waals surface area contributed by atoms with Gasteiger partial charge in [-0.05, 0) is 28.1 Å². The standard InChI is InChI=1S/C11H10BrN5/c1-7(16-8-2-4-14-5-3-8)10-11(13)15-6-9(12)17-10/h2-6H,1H2,(H2,13,15)(H,14,16). The van der Waals surface area contributed by atoms with Gasteiger partial charge in [0.25, 0.3) is 0 Å². The van der Waals surface area contributed by atoms with Crippen molar-refractivity contribution in [2.75, 3.05) is 11.1 Å². The summed E-state index contributed by atoms with van der Waals surface area (Å²) in [6.45, 7) is 3.89. The van der Waals surface area contributed by atoms with Crippen molar-refractivity contribution in [1.82, 2.24) is 15.0 Å². The summed E-state index contributed by atoms with van der Waals surface area (Å²) in [5.74, 6) is 0.333. The summed E-state index contributed by atoms with van der Waals surface area (Å²) < 4.78 is 0.611. The van der Waals surface area contributed by atoms with Gasteiger partial charge in [0.2, 0.25) is 0 Å². The van der Waals surface area contributed by atoms with E-state index < -0.39 is 0 Å². The van der Waals surface area contributed by atoms with Crippen molar-refractivity contribution in [3.05, 3.63) is 47.6 Å². The molecular weight excluding hydrogens is 282 g/mol. The molecule has 0 aliphatic carbocycles. The molecule has 2 heterocycles. The van der Waals surface area contributed by atoms with Crippen molar-refractivity contribution in [3.63, 3.8) is 0 Å². The highest BCUT2D eigenvalue weighted by molar-refractivity contribution is 9.10. The third kappa shape index (κ3) is 2.79. The number of halogens is 1. The van der Waals surface area contributed by atoms with Gasteiger partial charge in [0.05, 0.1) is 11.9 Å². The third-order valence-corrected chi connectivity index (χ3v) is 2.41. The van der Waals surface area contributed by atoms with Crippen LogP contribution >= 0.6 is 15.9 Å². The average molecular weight is 292 g/mol. The number of nitrogen functional groups attached to an aromatic ring is 1. The second-order valence-electron chi connectivity index (χ2n) is 3.27. The minimum Gasteiger partial charge on any atom is -0.382 e. The van der Waals surface area contributed by atoms with E-state index in [1.54, 1.807) is 18.6 Å². The highest BCUT2D eigenvalue weighted by atomic mass is 79.9. The fourth-order valence-electron chi connectivity index (χ4n) is 1.27. The lowest BCUT2D eigenvalue weighted by Crippen LogP contribution is -2.05. The number of hydrogen-bond donors (Lipinski definition) is 2. The maximum atomic E-state index is 5.74. The van der Waals surface area contributed by atoms with Gasteiger partial charge in [-0.3, -0.25) is 4.98 Å². The molecule has 0 aliphatic rings. The van der Waals surface area contributed by atoms with Crippen LogP contribution in [0.15, 0.2) is 41.9 Å². The number of pyridine rings is 1. The van der Waals surface area contributed by atoms with Gasteiger partial charge in [0, 0.05) is 18.1 Å². The van der Waals surface area contributed by atoms with Crippen molar-refractivity contribution >= 4 is 33.1 Å². The Bertz CT molecular complexity index is 541. The third-order valence-electron chi connectivity index (χ3n) is 2.03. The molecule has 0 fully saturated rings. The molecule has 0 saturated heterocycles. The first-order valence-electron chi connectivity index (χ1n) is 4.81. The maximum Gasteiger partial charge on any atom is 0.151 e. The Morgan fingerprint density at radius 2 is 2.06 bits per heavy atom. The molecule has 3 N–H and O–H groups in total. The van der Waals surface area contributed by atoms with Gasteiger partial charge in [0.15, 0.2) is 5.82 Å². The van der Waals surface area contributed by atoms with Gasteiger partial charge in [-0.25, -0.2) is 9.97 Å². The lowest BCUT2D eigenvalue weighted by molar-refractivity contribution is 1.14. The summed E-state index contributed by atoms with van der Waals surface area (Å²) in [7, 11) is 0. The molecule has 2 aromatic heterocycles. The monoisotopic (exact) mass is 291 g/mol. The van der Waals surface area contributed by atoms with E-state index in [2.05, 4.69) is 42.8 Å². The predicted molar refractivity (Wildman–Crippen MR) is 71.0 cm³/mol. The molecule has 2 rings (SSSR count). The Morgan fingerprint density at radius 3 is 2.76 bits per heavy atom. The summed E-state index contributed by atoms with van der Waals surface area (Å²) in [6, 6.07) is 3.65. The molecule has 2 aromatic rings. The normalized spacial score (nSPS) is 9.94. The topological polar surface area (TPSA) is 76.7 Å². The minimum absolute atomic E-state index is 0.333. The van der Waals surface area contributed by atoms with E-state index in [1.807, 2.05) is 12.1 Å². The van der Waals surface area contributed by atoms with E-state index in [0.717, 1.165) is 5.69 Å². The van der Waals surface area contributed by atoms with Gasteiger partial charge in [-0.2, -0.15) is 0 Å². The quantitative estimate of drug-likeness (QED) is 0.907. The van der Waals surface area contributed by atoms with Gasteiger partial charge in [-0.1, -0.05) is 6.58 Å². The van der Waals surface area contributed by atoms with E-state index in [4.69, 9.17) is 5.73 Å². The molecule has 0 radical (unpaired) electrons. The molecule has 6 heteroatoms. The summed E-state index contributed by atoms with van der Waals surface area (Å²) in [5, 5.41) is 3.09. The number of aromatic nitrogens is 3. The molecule has 0 saturated carbocycles. The molecule has 86 valence electrons. The van der Waals surface area contributed by atoms with Gasteiger partial charge in [0.1, 0.15) is 10.3 Å². The van der Waals surface area contributed by atoms with E-state index in [0.29, 0.717) is 21.8 Å². The molecule has 0 spiro atoms. The first-order valence-corrected chi connectivity index (χ1v) is 5.60. The van der Waals surface area contributed by atoms with Crippen LogP contribution in [0.3, 0.4) is 0 Å². The largest absolute Gasteiger partial charge is 0.382 e. The zero-order chi connectivity index (χ0) is 12.3. The molecule has 0 bridgehead atoms. The Kier molecular flexibility index (Phi) is 3.34. The highest BCUT2D eigenvalue weighted by Gasteiger charge is 2.07. The number of nitrogens with zero attached hydrogens (tertiary/aromatic N) is 3. The van der Waals surface area contributed by atoms with Crippen LogP contribution in [0.2, 0.25) is 0 Å². The summed E-state index contributed by atoms with van der Waals surface area (Å²) in [6.07, 6.45) is 4.91. The van der Waals surface area contributed by atoms with E-state index in [-0.39, 0.29) is 0 Å². The zero-order valence-corrected chi connectivity index (χ0v) is 10.5. The molecule has 0 amide bonds. The zero-order valence-electron chi connectivity index (χ0n) is 8.89. The van der Waals surface area contributed by atoms with Crippen LogP contribution in [0, 0.1) is 0 Å². The van der Waals surface area contributed by atoms with Gasteiger partial charge < -0.3 is 11.1 Å². The van der Waals surface area contributed by atoms with Gasteiger partial charge in [-0.15, -0.1) is 0 Å². The average Bonchev–Trinajstić information content (AvgIpc) is 2.33. The van der Waals surface area contributed by atoms with Crippen molar-refractivity contribution in [2.24, 2.45) is 0 Å². The summed E-state index contributed by atoms with van der Waals surface area (Å²) >= 11 is 3.24. The maximum absolute atomic E-state index is 5.74. The number of hydrogen-bond acceptors (Lipinski definition) is 5. The van der Waals surface area contributed by atoms with Crippen molar-refractivity contribution in [2.45, 2.75) is 0 Å². The summed E-state index contributed by atoms with van der Waals surface area (Å²) in [5.41, 5.74) is 7.71. The van der Waals surface area contributed by atoms with Crippen LogP contribution in [-0.4, -0.2) is 15.0 Å². The fraction of sp³-hybridized carbons (Fsp3) is 0. The van der Waals surface area contributed by atoms with E-state index >= 15 is 0 Å².